The van der Waals surface area contributed by atoms with Crippen molar-refractivity contribution in [1.82, 2.24) is 4.90 Å². The molecular weight excluding hydrogens is 308 g/mol. The number of anilines is 1. The van der Waals surface area contributed by atoms with Crippen molar-refractivity contribution in [1.29, 1.82) is 0 Å². The van der Waals surface area contributed by atoms with E-state index in [0.29, 0.717) is 6.04 Å². The summed E-state index contributed by atoms with van der Waals surface area (Å²) in [5.74, 6) is 0.369. The maximum Gasteiger partial charge on any atom is 0.235 e. The highest BCUT2D eigenvalue weighted by molar-refractivity contribution is 8.01. The number of hydrogen-bond donors (Lipinski definition) is 1. The van der Waals surface area contributed by atoms with E-state index in [-0.39, 0.29) is 28.9 Å². The Balaban J connectivity index is 1.80. The van der Waals surface area contributed by atoms with Crippen molar-refractivity contribution in [2.24, 2.45) is 0 Å². The molecule has 1 aromatic rings. The summed E-state index contributed by atoms with van der Waals surface area (Å²) in [6, 6.07) is 8.34. The van der Waals surface area contributed by atoms with Gasteiger partial charge in [-0.15, -0.1) is 11.8 Å². The second kappa shape index (κ2) is 7.86. The summed E-state index contributed by atoms with van der Waals surface area (Å²) in [5, 5.41) is 2.67. The van der Waals surface area contributed by atoms with Crippen molar-refractivity contribution >= 4 is 29.3 Å². The third-order valence-electron chi connectivity index (χ3n) is 3.90. The fourth-order valence-electron chi connectivity index (χ4n) is 2.52. The number of carbonyl (C=O) groups excluding carboxylic acids is 2. The summed E-state index contributed by atoms with van der Waals surface area (Å²) < 4.78 is 0. The van der Waals surface area contributed by atoms with Gasteiger partial charge in [0.25, 0.3) is 0 Å². The first-order valence-electron chi connectivity index (χ1n) is 8.18. The maximum absolute atomic E-state index is 12.5. The zero-order valence-corrected chi connectivity index (χ0v) is 15.2. The van der Waals surface area contributed by atoms with Gasteiger partial charge in [-0.3, -0.25) is 9.59 Å². The summed E-state index contributed by atoms with van der Waals surface area (Å²) in [6.45, 7) is 8.01. The van der Waals surface area contributed by atoms with Crippen molar-refractivity contribution in [3.05, 3.63) is 29.8 Å². The summed E-state index contributed by atoms with van der Waals surface area (Å²) in [7, 11) is 0. The molecule has 1 N–H and O–H groups in total. The largest absolute Gasteiger partial charge is 0.336 e. The lowest BCUT2D eigenvalue weighted by Crippen LogP contribution is -2.43. The Morgan fingerprint density at radius 1 is 1.22 bits per heavy atom. The van der Waals surface area contributed by atoms with Crippen LogP contribution in [-0.4, -0.2) is 39.8 Å². The van der Waals surface area contributed by atoms with Gasteiger partial charge < -0.3 is 10.2 Å². The zero-order valence-electron chi connectivity index (χ0n) is 14.3. The van der Waals surface area contributed by atoms with Crippen LogP contribution in [0.15, 0.2) is 24.3 Å². The summed E-state index contributed by atoms with van der Waals surface area (Å²) in [5.41, 5.74) is 1.95. The highest BCUT2D eigenvalue weighted by Gasteiger charge is 2.36. The summed E-state index contributed by atoms with van der Waals surface area (Å²) in [4.78, 5) is 26.5. The van der Waals surface area contributed by atoms with Crippen molar-refractivity contribution in [2.45, 2.75) is 57.9 Å². The van der Waals surface area contributed by atoms with Crippen LogP contribution in [0.4, 0.5) is 5.69 Å². The predicted molar refractivity (Wildman–Crippen MR) is 96.7 cm³/mol. The van der Waals surface area contributed by atoms with E-state index in [2.05, 4.69) is 19.2 Å². The molecule has 1 aromatic carbocycles. The average molecular weight is 334 g/mol. The van der Waals surface area contributed by atoms with Gasteiger partial charge in [-0.05, 0) is 52.7 Å². The van der Waals surface area contributed by atoms with Crippen molar-refractivity contribution in [2.75, 3.05) is 11.1 Å². The van der Waals surface area contributed by atoms with Crippen LogP contribution in [0.1, 0.15) is 39.2 Å². The van der Waals surface area contributed by atoms with E-state index >= 15 is 0 Å². The fourth-order valence-corrected chi connectivity index (χ4v) is 3.26. The molecule has 0 spiro atoms. The number of rotatable bonds is 7. The Hall–Kier alpha value is -1.49. The summed E-state index contributed by atoms with van der Waals surface area (Å²) in [6.07, 6.45) is 2.21. The SMILES string of the molecule is Cc1ccc(NC(=O)CSC(C)C(=O)N(C(C)C)C2CC2)cc1. The Kier molecular flexibility index (Phi) is 6.10. The van der Waals surface area contributed by atoms with Crippen molar-refractivity contribution < 1.29 is 9.59 Å². The molecule has 1 aliphatic rings. The van der Waals surface area contributed by atoms with Crippen LogP contribution < -0.4 is 5.32 Å². The van der Waals surface area contributed by atoms with Gasteiger partial charge in [0.05, 0.1) is 11.0 Å². The topological polar surface area (TPSA) is 49.4 Å². The molecule has 0 heterocycles. The molecule has 0 aromatic heterocycles. The molecule has 1 atom stereocenters. The van der Waals surface area contributed by atoms with Crippen molar-refractivity contribution in [3.8, 4) is 0 Å². The Morgan fingerprint density at radius 2 is 1.83 bits per heavy atom. The maximum atomic E-state index is 12.5. The number of benzene rings is 1. The minimum Gasteiger partial charge on any atom is -0.336 e. The molecule has 1 fully saturated rings. The predicted octanol–water partition coefficient (Wildman–Crippen LogP) is 3.45. The number of hydrogen-bond acceptors (Lipinski definition) is 3. The first-order chi connectivity index (χ1) is 10.9. The van der Waals surface area contributed by atoms with Gasteiger partial charge in [0, 0.05) is 17.8 Å². The standard InChI is InChI=1S/C18H26N2O2S/c1-12(2)20(16-9-10-16)18(22)14(4)23-11-17(21)19-15-7-5-13(3)6-8-15/h5-8,12,14,16H,9-11H2,1-4H3,(H,19,21). The molecule has 1 unspecified atom stereocenters. The lowest BCUT2D eigenvalue weighted by atomic mass is 10.2. The van der Waals surface area contributed by atoms with Crippen LogP contribution in [-0.2, 0) is 9.59 Å². The van der Waals surface area contributed by atoms with Gasteiger partial charge in [0.2, 0.25) is 11.8 Å². The number of amides is 2. The molecule has 2 amide bonds. The van der Waals surface area contributed by atoms with Crippen LogP contribution in [0.2, 0.25) is 0 Å². The molecule has 1 aliphatic carbocycles. The van der Waals surface area contributed by atoms with Gasteiger partial charge in [0.15, 0.2) is 0 Å². The van der Waals surface area contributed by atoms with E-state index in [1.165, 1.54) is 11.8 Å². The molecular formula is C18H26N2O2S. The van der Waals surface area contributed by atoms with Gasteiger partial charge >= 0.3 is 0 Å². The number of aryl methyl sites for hydroxylation is 1. The highest BCUT2D eigenvalue weighted by Crippen LogP contribution is 2.30. The first-order valence-corrected chi connectivity index (χ1v) is 9.23. The van der Waals surface area contributed by atoms with Crippen molar-refractivity contribution in [3.63, 3.8) is 0 Å². The molecule has 0 bridgehead atoms. The Labute approximate surface area is 143 Å². The Bertz CT molecular complexity index is 551. The lowest BCUT2D eigenvalue weighted by Gasteiger charge is -2.29. The van der Waals surface area contributed by atoms with E-state index in [1.807, 2.05) is 43.0 Å². The highest BCUT2D eigenvalue weighted by atomic mass is 32.2. The minimum absolute atomic E-state index is 0.0685. The molecule has 1 saturated carbocycles. The van der Waals surface area contributed by atoms with E-state index in [4.69, 9.17) is 0 Å². The molecule has 4 nitrogen and oxygen atoms in total. The zero-order chi connectivity index (χ0) is 17.0. The van der Waals surface area contributed by atoms with Crippen LogP contribution >= 0.6 is 11.8 Å². The Morgan fingerprint density at radius 3 is 2.35 bits per heavy atom. The molecule has 23 heavy (non-hydrogen) atoms. The van der Waals surface area contributed by atoms with Gasteiger partial charge in [-0.1, -0.05) is 17.7 Å². The smallest absolute Gasteiger partial charge is 0.235 e. The third-order valence-corrected chi connectivity index (χ3v) is 5.03. The van der Waals surface area contributed by atoms with E-state index in [0.717, 1.165) is 24.1 Å². The second-order valence-corrected chi connectivity index (χ2v) is 7.77. The number of nitrogens with one attached hydrogen (secondary N) is 1. The molecule has 0 saturated heterocycles. The van der Waals surface area contributed by atoms with Crippen LogP contribution in [0, 0.1) is 6.92 Å². The van der Waals surface area contributed by atoms with E-state index in [9.17, 15) is 9.59 Å². The fraction of sp³-hybridized carbons (Fsp3) is 0.556. The molecule has 2 rings (SSSR count). The van der Waals surface area contributed by atoms with Crippen LogP contribution in [0.25, 0.3) is 0 Å². The van der Waals surface area contributed by atoms with Gasteiger partial charge in [-0.2, -0.15) is 0 Å². The summed E-state index contributed by atoms with van der Waals surface area (Å²) >= 11 is 1.40. The van der Waals surface area contributed by atoms with Gasteiger partial charge in [0.1, 0.15) is 0 Å². The van der Waals surface area contributed by atoms with E-state index in [1.54, 1.807) is 0 Å². The monoisotopic (exact) mass is 334 g/mol. The second-order valence-electron chi connectivity index (χ2n) is 6.44. The minimum atomic E-state index is -0.193. The number of carbonyl (C=O) groups is 2. The number of thioether (sulfide) groups is 1. The lowest BCUT2D eigenvalue weighted by molar-refractivity contribution is -0.132. The van der Waals surface area contributed by atoms with Gasteiger partial charge in [-0.25, -0.2) is 0 Å². The average Bonchev–Trinajstić information content (AvgIpc) is 3.31. The molecule has 0 aliphatic heterocycles. The first kappa shape index (κ1) is 17.9. The van der Waals surface area contributed by atoms with E-state index < -0.39 is 0 Å². The normalized spacial score (nSPS) is 15.3. The third kappa shape index (κ3) is 5.27. The quantitative estimate of drug-likeness (QED) is 0.831. The van der Waals surface area contributed by atoms with Crippen LogP contribution in [0.5, 0.6) is 0 Å². The molecule has 5 heteroatoms. The molecule has 0 radical (unpaired) electrons. The number of nitrogens with zero attached hydrogens (tertiary/aromatic N) is 1. The molecule has 126 valence electrons. The van der Waals surface area contributed by atoms with Crippen LogP contribution in [0.3, 0.4) is 0 Å².